The Labute approximate surface area is 140 Å². The maximum atomic E-state index is 11.6. The summed E-state index contributed by atoms with van der Waals surface area (Å²) in [5.41, 5.74) is 5.53. The molecule has 7 heteroatoms. The van der Waals surface area contributed by atoms with E-state index >= 15 is 0 Å². The molecule has 1 unspecified atom stereocenters. The van der Waals surface area contributed by atoms with Gasteiger partial charge in [0.2, 0.25) is 0 Å². The van der Waals surface area contributed by atoms with Gasteiger partial charge in [-0.05, 0) is 23.8 Å². The van der Waals surface area contributed by atoms with E-state index in [4.69, 9.17) is 15.2 Å². The monoisotopic (exact) mass is 338 g/mol. The molecule has 2 aromatic rings. The van der Waals surface area contributed by atoms with Crippen LogP contribution in [0, 0.1) is 10.1 Å². The van der Waals surface area contributed by atoms with E-state index in [0.29, 0.717) is 17.1 Å². The van der Waals surface area contributed by atoms with Crippen LogP contribution in [0.25, 0.3) is 0 Å². The quantitative estimate of drug-likeness (QED) is 0.497. The highest BCUT2D eigenvalue weighted by Crippen LogP contribution is 2.33. The molecular weight excluding hydrogens is 320 g/mol. The van der Waals surface area contributed by atoms with Crippen molar-refractivity contribution < 1.29 is 14.4 Å². The molecule has 23 heavy (non-hydrogen) atoms. The second-order valence-corrected chi connectivity index (χ2v) is 4.91. The Morgan fingerprint density at radius 1 is 1.09 bits per heavy atom. The summed E-state index contributed by atoms with van der Waals surface area (Å²) in [6.07, 6.45) is 0.0797. The number of benzene rings is 2. The zero-order valence-corrected chi connectivity index (χ0v) is 13.7. The number of nitro groups is 1. The molecule has 0 saturated heterocycles. The number of hydrogen-bond acceptors (Lipinski definition) is 5. The third-order valence-electron chi connectivity index (χ3n) is 3.53. The summed E-state index contributed by atoms with van der Waals surface area (Å²) in [6, 6.07) is 13.9. The number of rotatable bonds is 6. The third-order valence-corrected chi connectivity index (χ3v) is 3.53. The second-order valence-electron chi connectivity index (χ2n) is 4.91. The van der Waals surface area contributed by atoms with Gasteiger partial charge in [-0.2, -0.15) is 0 Å². The molecule has 0 radical (unpaired) electrons. The Kier molecular flexibility index (Phi) is 6.36. The highest BCUT2D eigenvalue weighted by molar-refractivity contribution is 5.85. The van der Waals surface area contributed by atoms with E-state index < -0.39 is 10.6 Å². The van der Waals surface area contributed by atoms with Crippen molar-refractivity contribution >= 4 is 12.4 Å². The molecule has 0 amide bonds. The van der Waals surface area contributed by atoms with E-state index in [0.717, 1.165) is 5.56 Å². The van der Waals surface area contributed by atoms with Crippen molar-refractivity contribution in [2.45, 2.75) is 12.1 Å². The summed E-state index contributed by atoms with van der Waals surface area (Å²) in [7, 11) is 2.98. The summed E-state index contributed by atoms with van der Waals surface area (Å²) >= 11 is 0. The molecule has 2 aromatic carbocycles. The molecule has 0 aromatic heterocycles. The predicted octanol–water partition coefficient (Wildman–Crippen LogP) is 2.76. The topological polar surface area (TPSA) is 87.6 Å². The molecule has 124 valence electrons. The van der Waals surface area contributed by atoms with Gasteiger partial charge in [-0.15, -0.1) is 12.4 Å². The van der Waals surface area contributed by atoms with Gasteiger partial charge in [0.05, 0.1) is 20.6 Å². The first-order valence-corrected chi connectivity index (χ1v) is 6.71. The molecule has 0 aliphatic rings. The normalized spacial score (nSPS) is 12.7. The molecule has 1 atom stereocenters. The highest BCUT2D eigenvalue weighted by atomic mass is 35.5. The van der Waals surface area contributed by atoms with E-state index in [1.807, 2.05) is 30.3 Å². The Bertz CT molecular complexity index is 666. The van der Waals surface area contributed by atoms with Crippen molar-refractivity contribution in [3.8, 4) is 11.5 Å². The van der Waals surface area contributed by atoms with Gasteiger partial charge in [-0.1, -0.05) is 30.3 Å². The molecule has 0 bridgehead atoms. The highest BCUT2D eigenvalue weighted by Gasteiger charge is 2.41. The Morgan fingerprint density at radius 3 is 2.22 bits per heavy atom. The molecule has 2 rings (SSSR count). The molecular formula is C16H19ClN2O4. The molecule has 6 nitrogen and oxygen atoms in total. The maximum Gasteiger partial charge on any atom is 0.302 e. The van der Waals surface area contributed by atoms with Gasteiger partial charge in [-0.25, -0.2) is 0 Å². The number of ether oxygens (including phenoxy) is 2. The van der Waals surface area contributed by atoms with Crippen molar-refractivity contribution in [3.63, 3.8) is 0 Å². The van der Waals surface area contributed by atoms with Gasteiger partial charge in [0.25, 0.3) is 0 Å². The smallest absolute Gasteiger partial charge is 0.302 e. The number of halogens is 1. The van der Waals surface area contributed by atoms with Crippen LogP contribution in [-0.2, 0) is 12.1 Å². The van der Waals surface area contributed by atoms with E-state index in [-0.39, 0.29) is 18.8 Å². The molecule has 0 aliphatic heterocycles. The van der Waals surface area contributed by atoms with Gasteiger partial charge in [0.1, 0.15) is 0 Å². The van der Waals surface area contributed by atoms with Crippen molar-refractivity contribution in [1.82, 2.24) is 0 Å². The van der Waals surface area contributed by atoms with Crippen LogP contribution in [0.4, 0.5) is 0 Å². The van der Waals surface area contributed by atoms with E-state index in [9.17, 15) is 10.1 Å². The van der Waals surface area contributed by atoms with Crippen LogP contribution in [0.15, 0.2) is 48.5 Å². The SMILES string of the molecule is COc1ccc(C(N)(Cc2ccccc2)[N+](=O)[O-])cc1OC.Cl. The van der Waals surface area contributed by atoms with Crippen molar-refractivity contribution in [2.75, 3.05) is 14.2 Å². The van der Waals surface area contributed by atoms with Crippen molar-refractivity contribution in [1.29, 1.82) is 0 Å². The summed E-state index contributed by atoms with van der Waals surface area (Å²) in [4.78, 5) is 11.1. The predicted molar refractivity (Wildman–Crippen MR) is 89.8 cm³/mol. The van der Waals surface area contributed by atoms with E-state index in [1.54, 1.807) is 18.2 Å². The molecule has 0 spiro atoms. The lowest BCUT2D eigenvalue weighted by molar-refractivity contribution is -0.578. The van der Waals surface area contributed by atoms with Crippen LogP contribution in [0.1, 0.15) is 11.1 Å². The average molecular weight is 339 g/mol. The Balaban J connectivity index is 0.00000264. The zero-order valence-electron chi connectivity index (χ0n) is 12.9. The average Bonchev–Trinajstić information content (AvgIpc) is 2.54. The van der Waals surface area contributed by atoms with Gasteiger partial charge >= 0.3 is 5.66 Å². The molecule has 0 heterocycles. The Hall–Kier alpha value is -2.31. The van der Waals surface area contributed by atoms with Crippen molar-refractivity contribution in [2.24, 2.45) is 5.73 Å². The number of hydrogen-bond donors (Lipinski definition) is 1. The summed E-state index contributed by atoms with van der Waals surface area (Å²) < 4.78 is 10.3. The third kappa shape index (κ3) is 3.91. The molecule has 0 saturated carbocycles. The molecule has 2 N–H and O–H groups in total. The minimum atomic E-state index is -1.74. The summed E-state index contributed by atoms with van der Waals surface area (Å²) in [5.74, 6) is 0.904. The first-order valence-electron chi connectivity index (χ1n) is 6.71. The van der Waals surface area contributed by atoms with E-state index in [1.165, 1.54) is 14.2 Å². The van der Waals surface area contributed by atoms with Crippen molar-refractivity contribution in [3.05, 3.63) is 69.8 Å². The lowest BCUT2D eigenvalue weighted by Crippen LogP contribution is -2.46. The molecule has 0 fully saturated rings. The number of nitrogens with zero attached hydrogens (tertiary/aromatic N) is 1. The van der Waals surface area contributed by atoms with Crippen LogP contribution in [0.3, 0.4) is 0 Å². The van der Waals surface area contributed by atoms with Gasteiger partial charge in [0, 0.05) is 10.5 Å². The first kappa shape index (κ1) is 18.7. The Morgan fingerprint density at radius 2 is 1.70 bits per heavy atom. The standard InChI is InChI=1S/C16H18N2O4.ClH/c1-21-14-9-8-13(10-15(14)22-2)16(17,18(19)20)11-12-6-4-3-5-7-12;/h3-10H,11,17H2,1-2H3;1H. The van der Waals surface area contributed by atoms with Gasteiger partial charge in [0.15, 0.2) is 11.5 Å². The van der Waals surface area contributed by atoms with Gasteiger partial charge in [-0.3, -0.25) is 15.8 Å². The first-order chi connectivity index (χ1) is 10.5. The van der Waals surface area contributed by atoms with Gasteiger partial charge < -0.3 is 9.47 Å². The maximum absolute atomic E-state index is 11.6. The minimum Gasteiger partial charge on any atom is -0.493 e. The number of methoxy groups -OCH3 is 2. The van der Waals surface area contributed by atoms with Crippen LogP contribution in [0.5, 0.6) is 11.5 Å². The van der Waals surface area contributed by atoms with Crippen LogP contribution < -0.4 is 15.2 Å². The summed E-state index contributed by atoms with van der Waals surface area (Å²) in [6.45, 7) is 0. The lowest BCUT2D eigenvalue weighted by atomic mass is 9.93. The zero-order chi connectivity index (χ0) is 16.2. The fourth-order valence-electron chi connectivity index (χ4n) is 2.28. The van der Waals surface area contributed by atoms with Crippen LogP contribution in [-0.4, -0.2) is 19.1 Å². The number of nitrogens with two attached hydrogens (primary N) is 1. The van der Waals surface area contributed by atoms with Crippen LogP contribution in [0.2, 0.25) is 0 Å². The van der Waals surface area contributed by atoms with E-state index in [2.05, 4.69) is 0 Å². The second kappa shape index (κ2) is 7.80. The lowest BCUT2D eigenvalue weighted by Gasteiger charge is -2.22. The minimum absolute atomic E-state index is 0. The summed E-state index contributed by atoms with van der Waals surface area (Å²) in [5, 5.41) is 11.6. The van der Waals surface area contributed by atoms with Crippen LogP contribution >= 0.6 is 12.4 Å². The largest absolute Gasteiger partial charge is 0.493 e. The fourth-order valence-corrected chi connectivity index (χ4v) is 2.28. The molecule has 0 aliphatic carbocycles. The fraction of sp³-hybridized carbons (Fsp3) is 0.250.